The van der Waals surface area contributed by atoms with Crippen molar-refractivity contribution in [2.45, 2.75) is 0 Å². The van der Waals surface area contributed by atoms with Crippen LogP contribution in [0, 0.1) is 0 Å². The van der Waals surface area contributed by atoms with Crippen LogP contribution in [-0.2, 0) is 4.74 Å². The predicted octanol–water partition coefficient (Wildman–Crippen LogP) is 1.17. The van der Waals surface area contributed by atoms with Gasteiger partial charge in [0.2, 0.25) is 0 Å². The van der Waals surface area contributed by atoms with Gasteiger partial charge < -0.3 is 10.5 Å². The van der Waals surface area contributed by atoms with Gasteiger partial charge in [-0.2, -0.15) is 0 Å². The maximum Gasteiger partial charge on any atom is 0.351 e. The molecule has 0 atom stereocenters. The van der Waals surface area contributed by atoms with Crippen molar-refractivity contribution in [1.82, 2.24) is 4.98 Å². The number of halogens is 1. The highest BCUT2D eigenvalue weighted by molar-refractivity contribution is 7.17. The Balaban J connectivity index is 3.03. The van der Waals surface area contributed by atoms with Crippen LogP contribution in [0.1, 0.15) is 9.67 Å². The van der Waals surface area contributed by atoms with Crippen LogP contribution in [0.25, 0.3) is 0 Å². The molecule has 0 bridgehead atoms. The van der Waals surface area contributed by atoms with Gasteiger partial charge in [-0.3, -0.25) is 0 Å². The van der Waals surface area contributed by atoms with Crippen molar-refractivity contribution < 1.29 is 9.53 Å². The van der Waals surface area contributed by atoms with Crippen LogP contribution < -0.4 is 5.73 Å². The van der Waals surface area contributed by atoms with Gasteiger partial charge in [-0.1, -0.05) is 22.9 Å². The van der Waals surface area contributed by atoms with E-state index in [2.05, 4.69) is 9.72 Å². The molecule has 0 saturated heterocycles. The monoisotopic (exact) mass is 192 g/mol. The van der Waals surface area contributed by atoms with Gasteiger partial charge in [-0.25, -0.2) is 9.78 Å². The van der Waals surface area contributed by atoms with Crippen molar-refractivity contribution in [3.05, 3.63) is 10.0 Å². The second-order valence-electron chi connectivity index (χ2n) is 1.66. The van der Waals surface area contributed by atoms with Crippen molar-refractivity contribution in [3.63, 3.8) is 0 Å². The van der Waals surface area contributed by atoms with Gasteiger partial charge in [0.15, 0.2) is 15.2 Å². The van der Waals surface area contributed by atoms with E-state index in [1.54, 1.807) is 0 Å². The molecule has 0 aromatic carbocycles. The van der Waals surface area contributed by atoms with Crippen LogP contribution in [0.4, 0.5) is 5.13 Å². The van der Waals surface area contributed by atoms with Gasteiger partial charge >= 0.3 is 5.97 Å². The van der Waals surface area contributed by atoms with Gasteiger partial charge in [0, 0.05) is 0 Å². The fourth-order valence-electron chi connectivity index (χ4n) is 0.536. The van der Waals surface area contributed by atoms with E-state index < -0.39 is 5.97 Å². The second kappa shape index (κ2) is 3.06. The Hall–Kier alpha value is -0.810. The summed E-state index contributed by atoms with van der Waals surface area (Å²) in [7, 11) is 1.27. The normalized spacial score (nSPS) is 9.64. The van der Waals surface area contributed by atoms with Crippen molar-refractivity contribution in [1.29, 1.82) is 0 Å². The van der Waals surface area contributed by atoms with E-state index >= 15 is 0 Å². The van der Waals surface area contributed by atoms with E-state index in [-0.39, 0.29) is 15.2 Å². The Morgan fingerprint density at radius 3 is 2.82 bits per heavy atom. The largest absolute Gasteiger partial charge is 0.465 e. The molecule has 0 saturated carbocycles. The first kappa shape index (κ1) is 8.29. The molecule has 11 heavy (non-hydrogen) atoms. The molecule has 0 unspecified atom stereocenters. The number of anilines is 1. The number of carbonyl (C=O) groups is 1. The van der Waals surface area contributed by atoms with E-state index in [0.29, 0.717) is 0 Å². The summed E-state index contributed by atoms with van der Waals surface area (Å²) >= 11 is 6.54. The first-order valence-corrected chi connectivity index (χ1v) is 3.84. The predicted molar refractivity (Wildman–Crippen MR) is 42.9 cm³/mol. The standard InChI is InChI=1S/C5H5ClN2O2S/c1-10-4(9)2-3(6)8-5(7)11-2/h1H3,(H2,7,8). The zero-order valence-corrected chi connectivity index (χ0v) is 7.20. The van der Waals surface area contributed by atoms with Crippen LogP contribution in [-0.4, -0.2) is 18.1 Å². The summed E-state index contributed by atoms with van der Waals surface area (Å²) in [6.07, 6.45) is 0. The molecule has 0 aliphatic carbocycles. The molecule has 6 heteroatoms. The number of nitrogens with zero attached hydrogens (tertiary/aromatic N) is 1. The molecule has 0 radical (unpaired) electrons. The molecule has 0 spiro atoms. The first-order chi connectivity index (χ1) is 5.15. The molecular formula is C5H5ClN2O2S. The third kappa shape index (κ3) is 1.61. The topological polar surface area (TPSA) is 65.2 Å². The molecule has 60 valence electrons. The Labute approximate surface area is 71.9 Å². The van der Waals surface area contributed by atoms with Gasteiger partial charge in [-0.15, -0.1) is 0 Å². The average molecular weight is 193 g/mol. The number of aromatic nitrogens is 1. The van der Waals surface area contributed by atoms with Crippen molar-refractivity contribution in [3.8, 4) is 0 Å². The minimum Gasteiger partial charge on any atom is -0.465 e. The number of rotatable bonds is 1. The molecule has 1 aromatic heterocycles. The van der Waals surface area contributed by atoms with E-state index in [4.69, 9.17) is 17.3 Å². The quantitative estimate of drug-likeness (QED) is 0.679. The zero-order chi connectivity index (χ0) is 8.43. The second-order valence-corrected chi connectivity index (χ2v) is 3.05. The molecule has 0 fully saturated rings. The lowest BCUT2D eigenvalue weighted by Crippen LogP contribution is -1.98. The molecule has 0 amide bonds. The maximum atomic E-state index is 10.9. The number of carbonyl (C=O) groups excluding carboxylic acids is 1. The fourth-order valence-corrected chi connectivity index (χ4v) is 1.51. The zero-order valence-electron chi connectivity index (χ0n) is 5.63. The Morgan fingerprint density at radius 2 is 2.45 bits per heavy atom. The summed E-state index contributed by atoms with van der Waals surface area (Å²) < 4.78 is 4.42. The summed E-state index contributed by atoms with van der Waals surface area (Å²) in [4.78, 5) is 14.7. The molecule has 2 N–H and O–H groups in total. The van der Waals surface area contributed by atoms with Crippen molar-refractivity contribution in [2.24, 2.45) is 0 Å². The summed E-state index contributed by atoms with van der Waals surface area (Å²) in [6, 6.07) is 0. The lowest BCUT2D eigenvalue weighted by Gasteiger charge is -1.91. The maximum absolute atomic E-state index is 10.9. The summed E-state index contributed by atoms with van der Waals surface area (Å²) in [5.74, 6) is -0.510. The highest BCUT2D eigenvalue weighted by atomic mass is 35.5. The summed E-state index contributed by atoms with van der Waals surface area (Å²) in [5, 5.41) is 0.356. The van der Waals surface area contributed by atoms with Crippen LogP contribution in [0.2, 0.25) is 5.15 Å². The number of ether oxygens (including phenoxy) is 1. The van der Waals surface area contributed by atoms with Gasteiger partial charge in [0.25, 0.3) is 0 Å². The van der Waals surface area contributed by atoms with Gasteiger partial charge in [0.05, 0.1) is 7.11 Å². The Bertz CT molecular complexity index is 286. The molecule has 1 aromatic rings. The number of hydrogen-bond acceptors (Lipinski definition) is 5. The molecule has 1 rings (SSSR count). The highest BCUT2D eigenvalue weighted by Gasteiger charge is 2.15. The Kier molecular flexibility index (Phi) is 2.31. The smallest absolute Gasteiger partial charge is 0.351 e. The number of methoxy groups -OCH3 is 1. The molecule has 1 heterocycles. The number of nitrogens with two attached hydrogens (primary N) is 1. The Morgan fingerprint density at radius 1 is 1.82 bits per heavy atom. The molecular weight excluding hydrogens is 188 g/mol. The van der Waals surface area contributed by atoms with E-state index in [1.165, 1.54) is 7.11 Å². The van der Waals surface area contributed by atoms with Gasteiger partial charge in [0.1, 0.15) is 0 Å². The van der Waals surface area contributed by atoms with Crippen molar-refractivity contribution in [2.75, 3.05) is 12.8 Å². The third-order valence-corrected chi connectivity index (χ3v) is 2.22. The molecule has 4 nitrogen and oxygen atoms in total. The van der Waals surface area contributed by atoms with Crippen LogP contribution >= 0.6 is 22.9 Å². The minimum atomic E-state index is -0.510. The number of nitrogen functional groups attached to an aromatic ring is 1. The molecule has 0 aliphatic rings. The number of thiazole rings is 1. The lowest BCUT2D eigenvalue weighted by atomic mass is 10.6. The lowest BCUT2D eigenvalue weighted by molar-refractivity contribution is 0.0606. The summed E-state index contributed by atoms with van der Waals surface area (Å²) in [6.45, 7) is 0. The van der Waals surface area contributed by atoms with E-state index in [9.17, 15) is 4.79 Å². The molecule has 0 aliphatic heterocycles. The van der Waals surface area contributed by atoms with Crippen LogP contribution in [0.3, 0.4) is 0 Å². The summed E-state index contributed by atoms with van der Waals surface area (Å²) in [5.41, 5.74) is 5.29. The van der Waals surface area contributed by atoms with E-state index in [0.717, 1.165) is 11.3 Å². The fraction of sp³-hybridized carbons (Fsp3) is 0.200. The van der Waals surface area contributed by atoms with Crippen molar-refractivity contribution >= 4 is 34.0 Å². The van der Waals surface area contributed by atoms with Crippen LogP contribution in [0.15, 0.2) is 0 Å². The average Bonchev–Trinajstić information content (AvgIpc) is 2.28. The number of hydrogen-bond donors (Lipinski definition) is 1. The highest BCUT2D eigenvalue weighted by Crippen LogP contribution is 2.24. The van der Waals surface area contributed by atoms with E-state index in [1.807, 2.05) is 0 Å². The minimum absolute atomic E-state index is 0.0966. The van der Waals surface area contributed by atoms with Gasteiger partial charge in [-0.05, 0) is 0 Å². The first-order valence-electron chi connectivity index (χ1n) is 2.65. The van der Waals surface area contributed by atoms with Crippen LogP contribution in [0.5, 0.6) is 0 Å². The SMILES string of the molecule is COC(=O)c1sc(N)nc1Cl. The third-order valence-electron chi connectivity index (χ3n) is 0.973. The number of esters is 1.